The van der Waals surface area contributed by atoms with Crippen LogP contribution in [0, 0.1) is 0 Å². The van der Waals surface area contributed by atoms with Crippen molar-refractivity contribution in [1.82, 2.24) is 0 Å². The summed E-state index contributed by atoms with van der Waals surface area (Å²) in [6, 6.07) is 0. The fourth-order valence-corrected chi connectivity index (χ4v) is 4.27. The van der Waals surface area contributed by atoms with Gasteiger partial charge in [-0.1, -0.05) is 20.8 Å². The summed E-state index contributed by atoms with van der Waals surface area (Å²) < 4.78 is 34.8. The fourth-order valence-electron chi connectivity index (χ4n) is 2.44. The first-order chi connectivity index (χ1) is 10.5. The van der Waals surface area contributed by atoms with Gasteiger partial charge < -0.3 is 23.1 Å². The summed E-state index contributed by atoms with van der Waals surface area (Å²) in [5.41, 5.74) is -0.120. The van der Waals surface area contributed by atoms with Crippen LogP contribution in [0.5, 0.6) is 0 Å². The third-order valence-corrected chi connectivity index (χ3v) is 7.43. The molecule has 7 heteroatoms. The van der Waals surface area contributed by atoms with Crippen LogP contribution in [0.1, 0.15) is 46.5 Å². The predicted molar refractivity (Wildman–Crippen MR) is 85.5 cm³/mol. The highest BCUT2D eigenvalue weighted by molar-refractivity contribution is 6.67. The monoisotopic (exact) mass is 336 g/mol. The first-order valence-electron chi connectivity index (χ1n) is 8.20. The summed E-state index contributed by atoms with van der Waals surface area (Å²) in [5.74, 6) is -0.991. The first-order valence-corrected chi connectivity index (χ1v) is 10.6. The zero-order valence-electron chi connectivity index (χ0n) is 14.8. The van der Waals surface area contributed by atoms with Crippen molar-refractivity contribution in [3.63, 3.8) is 0 Å². The Kier molecular flexibility index (Phi) is 8.48. The Balaban J connectivity index is 2.73. The molecule has 0 aromatic rings. The molecule has 0 aromatic carbocycles. The van der Waals surface area contributed by atoms with Crippen molar-refractivity contribution in [1.29, 1.82) is 0 Å². The number of hydrogen-bond donors (Lipinski definition) is 0. The summed E-state index contributed by atoms with van der Waals surface area (Å²) in [6.07, 6.45) is 2.58. The van der Waals surface area contributed by atoms with Gasteiger partial charge in [-0.2, -0.15) is 0 Å². The van der Waals surface area contributed by atoms with Gasteiger partial charge in [-0.15, -0.1) is 0 Å². The molecule has 0 radical (unpaired) electrons. The maximum Gasteiger partial charge on any atom is 0.364 e. The smallest absolute Gasteiger partial charge is 0.364 e. The second-order valence-corrected chi connectivity index (χ2v) is 8.99. The van der Waals surface area contributed by atoms with E-state index in [1.807, 2.05) is 20.4 Å². The Morgan fingerprint density at radius 1 is 1.05 bits per heavy atom. The number of hydrogen-bond acceptors (Lipinski definition) is 6. The fraction of sp³-hybridized carbons (Fsp3) is 1.00. The molecule has 2 unspecified atom stereocenters. The van der Waals surface area contributed by atoms with E-state index < -0.39 is 20.8 Å². The van der Waals surface area contributed by atoms with Crippen molar-refractivity contribution in [2.75, 3.05) is 27.4 Å². The molecular weight excluding hydrogens is 304 g/mol. The Labute approximate surface area is 135 Å². The summed E-state index contributed by atoms with van der Waals surface area (Å²) in [5, 5.41) is 0. The topological polar surface area (TPSA) is 55.4 Å². The summed E-state index contributed by atoms with van der Waals surface area (Å²) in [6.45, 7) is 9.34. The van der Waals surface area contributed by atoms with Crippen molar-refractivity contribution in [2.24, 2.45) is 0 Å². The summed E-state index contributed by atoms with van der Waals surface area (Å²) >= 11 is 0. The van der Waals surface area contributed by atoms with Crippen molar-refractivity contribution in [3.05, 3.63) is 0 Å². The van der Waals surface area contributed by atoms with Crippen LogP contribution in [-0.2, 0) is 27.8 Å². The Hall–Kier alpha value is -0.0231. The molecule has 6 nitrogen and oxygen atoms in total. The van der Waals surface area contributed by atoms with Gasteiger partial charge >= 0.3 is 8.56 Å². The molecular formula is C15H32O6Si. The largest absolute Gasteiger partial charge is 0.396 e. The van der Waals surface area contributed by atoms with Crippen LogP contribution < -0.4 is 0 Å². The van der Waals surface area contributed by atoms with E-state index in [4.69, 9.17) is 27.8 Å². The first kappa shape index (κ1) is 20.0. The van der Waals surface area contributed by atoms with Crippen LogP contribution in [0.3, 0.4) is 0 Å². The normalized spacial score (nSPS) is 21.5. The van der Waals surface area contributed by atoms with Gasteiger partial charge in [-0.25, -0.2) is 0 Å². The van der Waals surface area contributed by atoms with Gasteiger partial charge in [-0.3, -0.25) is 4.74 Å². The van der Waals surface area contributed by atoms with Crippen LogP contribution in [-0.4, -0.2) is 54.0 Å². The van der Waals surface area contributed by atoms with Gasteiger partial charge in [0, 0.05) is 20.6 Å². The van der Waals surface area contributed by atoms with Gasteiger partial charge in [0.2, 0.25) is 0 Å². The SMILES string of the molecule is CCC(OC(CC)[Si](C)(OC)OC)OC1(CC)OCCCO1. The standard InChI is InChI=1S/C15H32O6Si/c1-7-13(20-14(8-2)22(6,16-4)17-5)21-15(9-3)18-11-10-12-19-15/h13-14H,7-12H2,1-6H3. The zero-order valence-corrected chi connectivity index (χ0v) is 15.8. The van der Waals surface area contributed by atoms with Gasteiger partial charge in [-0.05, 0) is 25.8 Å². The third-order valence-electron chi connectivity index (χ3n) is 4.09. The number of rotatable bonds is 10. The molecule has 1 fully saturated rings. The molecule has 1 heterocycles. The van der Waals surface area contributed by atoms with E-state index in [-0.39, 0.29) is 5.73 Å². The lowest BCUT2D eigenvalue weighted by Crippen LogP contribution is -2.53. The molecule has 1 saturated heterocycles. The molecule has 0 amide bonds. The zero-order chi connectivity index (χ0) is 16.6. The second kappa shape index (κ2) is 9.32. The average Bonchev–Trinajstić information content (AvgIpc) is 2.58. The van der Waals surface area contributed by atoms with E-state index in [2.05, 4.69) is 6.92 Å². The molecule has 1 aliphatic rings. The van der Waals surface area contributed by atoms with Crippen molar-refractivity contribution >= 4 is 8.56 Å². The van der Waals surface area contributed by atoms with E-state index in [0.29, 0.717) is 26.1 Å². The quantitative estimate of drug-likeness (QED) is 0.452. The minimum absolute atomic E-state index is 0.120. The summed E-state index contributed by atoms with van der Waals surface area (Å²) in [4.78, 5) is 0. The molecule has 22 heavy (non-hydrogen) atoms. The predicted octanol–water partition coefficient (Wildman–Crippen LogP) is 2.94. The van der Waals surface area contributed by atoms with Crippen LogP contribution in [0.15, 0.2) is 0 Å². The average molecular weight is 337 g/mol. The van der Waals surface area contributed by atoms with Crippen LogP contribution >= 0.6 is 0 Å². The lowest BCUT2D eigenvalue weighted by atomic mass is 10.3. The van der Waals surface area contributed by atoms with Gasteiger partial charge in [0.25, 0.3) is 5.97 Å². The molecule has 1 rings (SSSR count). The Morgan fingerprint density at radius 3 is 2.05 bits per heavy atom. The van der Waals surface area contributed by atoms with E-state index >= 15 is 0 Å². The highest BCUT2D eigenvalue weighted by Crippen LogP contribution is 2.29. The lowest BCUT2D eigenvalue weighted by molar-refractivity contribution is -0.436. The second-order valence-electron chi connectivity index (χ2n) is 5.50. The Bertz CT molecular complexity index is 304. The highest BCUT2D eigenvalue weighted by Gasteiger charge is 2.43. The van der Waals surface area contributed by atoms with E-state index in [0.717, 1.165) is 12.8 Å². The van der Waals surface area contributed by atoms with Crippen molar-refractivity contribution in [2.45, 2.75) is 71.0 Å². The van der Waals surface area contributed by atoms with E-state index in [9.17, 15) is 0 Å². The molecule has 0 saturated carbocycles. The molecule has 0 spiro atoms. The Morgan fingerprint density at radius 2 is 1.64 bits per heavy atom. The van der Waals surface area contributed by atoms with Gasteiger partial charge in [0.05, 0.1) is 13.2 Å². The maximum atomic E-state index is 6.15. The molecule has 132 valence electrons. The van der Waals surface area contributed by atoms with Crippen molar-refractivity contribution < 1.29 is 27.8 Å². The molecule has 0 aliphatic carbocycles. The van der Waals surface area contributed by atoms with E-state index in [1.54, 1.807) is 14.2 Å². The van der Waals surface area contributed by atoms with Crippen molar-refractivity contribution in [3.8, 4) is 0 Å². The third kappa shape index (κ3) is 4.99. The van der Waals surface area contributed by atoms with Gasteiger partial charge in [0.1, 0.15) is 5.73 Å². The lowest BCUT2D eigenvalue weighted by Gasteiger charge is -2.40. The molecule has 2 atom stereocenters. The van der Waals surface area contributed by atoms with E-state index in [1.165, 1.54) is 0 Å². The molecule has 1 aliphatic heterocycles. The van der Waals surface area contributed by atoms with Crippen LogP contribution in [0.4, 0.5) is 0 Å². The minimum Gasteiger partial charge on any atom is -0.396 e. The molecule has 0 N–H and O–H groups in total. The maximum absolute atomic E-state index is 6.15. The minimum atomic E-state index is -2.39. The van der Waals surface area contributed by atoms with Gasteiger partial charge in [0.15, 0.2) is 6.29 Å². The van der Waals surface area contributed by atoms with Crippen LogP contribution in [0.25, 0.3) is 0 Å². The molecule has 0 bridgehead atoms. The van der Waals surface area contributed by atoms with Crippen LogP contribution in [0.2, 0.25) is 6.55 Å². The molecule has 0 aromatic heterocycles. The highest BCUT2D eigenvalue weighted by atomic mass is 28.4. The number of ether oxygens (including phenoxy) is 4. The summed E-state index contributed by atoms with van der Waals surface area (Å²) in [7, 11) is 0.952.